The monoisotopic (exact) mass is 470 g/mol. The molecule has 4 aromatic rings. The maximum atomic E-state index is 13.6. The van der Waals surface area contributed by atoms with E-state index in [9.17, 15) is 9.59 Å². The third kappa shape index (κ3) is 3.95. The lowest BCUT2D eigenvalue weighted by molar-refractivity contribution is -0.138. The van der Waals surface area contributed by atoms with Gasteiger partial charge in [-0.15, -0.1) is 0 Å². The third-order valence-electron chi connectivity index (χ3n) is 5.52. The van der Waals surface area contributed by atoms with Crippen LogP contribution in [0.25, 0.3) is 11.8 Å². The van der Waals surface area contributed by atoms with Crippen LogP contribution in [0.2, 0.25) is 0 Å². The Morgan fingerprint density at radius 3 is 2.44 bits per heavy atom. The van der Waals surface area contributed by atoms with Gasteiger partial charge < -0.3 is 9.15 Å². The third-order valence-corrected chi connectivity index (χ3v) is 6.51. The number of nitrogens with zero attached hydrogens (tertiary/aromatic N) is 2. The highest BCUT2D eigenvalue weighted by molar-refractivity contribution is 7.07. The minimum Gasteiger partial charge on any atom is -0.463 e. The van der Waals surface area contributed by atoms with Gasteiger partial charge in [-0.2, -0.15) is 0 Å². The summed E-state index contributed by atoms with van der Waals surface area (Å²) in [7, 11) is 0. The quantitative estimate of drug-likeness (QED) is 0.416. The average Bonchev–Trinajstić information content (AvgIpc) is 3.41. The van der Waals surface area contributed by atoms with Crippen LogP contribution in [-0.2, 0) is 9.53 Å². The Morgan fingerprint density at radius 1 is 1.09 bits per heavy atom. The predicted molar refractivity (Wildman–Crippen MR) is 131 cm³/mol. The fourth-order valence-corrected chi connectivity index (χ4v) is 5.03. The molecule has 0 aliphatic carbocycles. The number of furan rings is 1. The number of carbonyl (C=O) groups excluding carboxylic acids is 1. The summed E-state index contributed by atoms with van der Waals surface area (Å²) < 4.78 is 13.2. The number of esters is 1. The zero-order valence-corrected chi connectivity index (χ0v) is 19.5. The molecule has 7 heteroatoms. The van der Waals surface area contributed by atoms with Gasteiger partial charge in [0.2, 0.25) is 0 Å². The van der Waals surface area contributed by atoms with Crippen molar-refractivity contribution in [1.82, 2.24) is 4.57 Å². The van der Waals surface area contributed by atoms with Crippen LogP contribution in [0.1, 0.15) is 35.6 Å². The Morgan fingerprint density at radius 2 is 1.79 bits per heavy atom. The van der Waals surface area contributed by atoms with Crippen LogP contribution < -0.4 is 14.9 Å². The van der Waals surface area contributed by atoms with Crippen LogP contribution in [0.15, 0.2) is 92.6 Å². The molecule has 0 bridgehead atoms. The Balaban J connectivity index is 1.83. The topological polar surface area (TPSA) is 73.8 Å². The number of hydrogen-bond acceptors (Lipinski definition) is 6. The number of fused-ring (bicyclic) bond motifs is 1. The largest absolute Gasteiger partial charge is 0.463 e. The van der Waals surface area contributed by atoms with Crippen LogP contribution in [0.3, 0.4) is 0 Å². The lowest BCUT2D eigenvalue weighted by atomic mass is 9.93. The standard InChI is InChI=1S/C27H22N2O4S/c1-3-32-26(31)22-23(18-10-6-4-7-11-18)28-27-29(24(22)19-12-8-5-9-13-19)25(30)21(34-27)16-20-15-14-17(2)33-20/h4-16,24H,3H2,1-2H3/b21-16-/t24-/m1/s1. The van der Waals surface area contributed by atoms with Gasteiger partial charge in [0.1, 0.15) is 11.5 Å². The van der Waals surface area contributed by atoms with Crippen molar-refractivity contribution in [1.29, 1.82) is 0 Å². The fourth-order valence-electron chi connectivity index (χ4n) is 4.05. The number of ether oxygens (including phenoxy) is 1. The smallest absolute Gasteiger partial charge is 0.338 e. The van der Waals surface area contributed by atoms with Crippen molar-refractivity contribution in [2.24, 2.45) is 4.99 Å². The number of aromatic nitrogens is 1. The van der Waals surface area contributed by atoms with E-state index in [2.05, 4.69) is 0 Å². The van der Waals surface area contributed by atoms with Gasteiger partial charge in [-0.1, -0.05) is 72.0 Å². The first kappa shape index (κ1) is 21.9. The van der Waals surface area contributed by atoms with E-state index in [1.807, 2.05) is 79.7 Å². The summed E-state index contributed by atoms with van der Waals surface area (Å²) in [6, 6.07) is 22.0. The zero-order valence-electron chi connectivity index (χ0n) is 18.7. The molecule has 0 radical (unpaired) electrons. The van der Waals surface area contributed by atoms with Crippen LogP contribution in [0.5, 0.6) is 0 Å². The molecule has 0 unspecified atom stereocenters. The minimum atomic E-state index is -0.674. The summed E-state index contributed by atoms with van der Waals surface area (Å²) in [6.45, 7) is 3.83. The van der Waals surface area contributed by atoms with Gasteiger partial charge in [-0.3, -0.25) is 9.36 Å². The van der Waals surface area contributed by atoms with E-state index in [4.69, 9.17) is 14.1 Å². The Hall–Kier alpha value is -3.97. The molecule has 0 fully saturated rings. The number of benzene rings is 2. The molecule has 2 aromatic carbocycles. The van der Waals surface area contributed by atoms with Crippen LogP contribution >= 0.6 is 11.3 Å². The Bertz CT molecular complexity index is 1560. The molecule has 2 aromatic heterocycles. The van der Waals surface area contributed by atoms with E-state index in [-0.39, 0.29) is 12.2 Å². The zero-order chi connectivity index (χ0) is 23.7. The highest BCUT2D eigenvalue weighted by Crippen LogP contribution is 2.34. The molecule has 0 N–H and O–H groups in total. The van der Waals surface area contributed by atoms with Gasteiger partial charge in [0.25, 0.3) is 5.56 Å². The van der Waals surface area contributed by atoms with Gasteiger partial charge >= 0.3 is 5.97 Å². The lowest BCUT2D eigenvalue weighted by Crippen LogP contribution is -2.39. The normalized spacial score (nSPS) is 15.7. The molecular weight excluding hydrogens is 448 g/mol. The van der Waals surface area contributed by atoms with Crippen LogP contribution in [-0.4, -0.2) is 17.1 Å². The highest BCUT2D eigenvalue weighted by Gasteiger charge is 2.35. The van der Waals surface area contributed by atoms with Gasteiger partial charge in [0.15, 0.2) is 4.80 Å². The summed E-state index contributed by atoms with van der Waals surface area (Å²) in [6.07, 6.45) is 1.72. The first-order valence-electron chi connectivity index (χ1n) is 11.0. The van der Waals surface area contributed by atoms with Crippen LogP contribution in [0, 0.1) is 6.92 Å². The molecule has 1 aliphatic rings. The van der Waals surface area contributed by atoms with E-state index in [1.165, 1.54) is 11.3 Å². The van der Waals surface area contributed by atoms with E-state index in [0.717, 1.165) is 16.9 Å². The molecule has 0 spiro atoms. The van der Waals surface area contributed by atoms with Crippen molar-refractivity contribution in [3.8, 4) is 0 Å². The SMILES string of the molecule is CCOC(=O)C1=C(c2ccccc2)N=c2s/c(=C\c3ccc(C)o3)c(=O)n2[C@@H]1c1ccccc1. The molecule has 1 atom stereocenters. The summed E-state index contributed by atoms with van der Waals surface area (Å²) >= 11 is 1.27. The number of rotatable bonds is 5. The molecule has 5 rings (SSSR count). The maximum Gasteiger partial charge on any atom is 0.338 e. The average molecular weight is 471 g/mol. The molecule has 0 saturated carbocycles. The number of aryl methyl sites for hydroxylation is 1. The predicted octanol–water partition coefficient (Wildman–Crippen LogP) is 3.84. The van der Waals surface area contributed by atoms with Gasteiger partial charge in [-0.05, 0) is 31.5 Å². The maximum absolute atomic E-state index is 13.6. The molecular formula is C27H22N2O4S. The van der Waals surface area contributed by atoms with E-state index in [1.54, 1.807) is 17.6 Å². The fraction of sp³-hybridized carbons (Fsp3) is 0.148. The molecule has 6 nitrogen and oxygen atoms in total. The molecule has 3 heterocycles. The van der Waals surface area contributed by atoms with Gasteiger partial charge in [0.05, 0.1) is 28.5 Å². The summed E-state index contributed by atoms with van der Waals surface area (Å²) in [5.74, 6) is 0.860. The van der Waals surface area contributed by atoms with Crippen LogP contribution in [0.4, 0.5) is 0 Å². The molecule has 34 heavy (non-hydrogen) atoms. The van der Waals surface area contributed by atoms with Crippen molar-refractivity contribution >= 4 is 29.1 Å². The van der Waals surface area contributed by atoms with E-state index in [0.29, 0.717) is 26.4 Å². The molecule has 1 aliphatic heterocycles. The number of carbonyl (C=O) groups is 1. The van der Waals surface area contributed by atoms with Crippen molar-refractivity contribution in [2.75, 3.05) is 6.61 Å². The highest BCUT2D eigenvalue weighted by atomic mass is 32.1. The second-order valence-electron chi connectivity index (χ2n) is 7.79. The summed E-state index contributed by atoms with van der Waals surface area (Å²) in [4.78, 5) is 32.3. The first-order chi connectivity index (χ1) is 16.6. The number of hydrogen-bond donors (Lipinski definition) is 0. The Labute approximate surface area is 199 Å². The van der Waals surface area contributed by atoms with E-state index < -0.39 is 12.0 Å². The van der Waals surface area contributed by atoms with Gasteiger partial charge in [0, 0.05) is 11.6 Å². The second kappa shape index (κ2) is 9.11. The van der Waals surface area contributed by atoms with Crippen molar-refractivity contribution in [3.63, 3.8) is 0 Å². The van der Waals surface area contributed by atoms with Gasteiger partial charge in [-0.25, -0.2) is 9.79 Å². The minimum absolute atomic E-state index is 0.216. The molecule has 170 valence electrons. The van der Waals surface area contributed by atoms with Crippen molar-refractivity contribution < 1.29 is 13.9 Å². The Kier molecular flexibility index (Phi) is 5.86. The van der Waals surface area contributed by atoms with Crippen molar-refractivity contribution in [3.05, 3.63) is 121 Å². The summed E-state index contributed by atoms with van der Waals surface area (Å²) in [5.41, 5.74) is 2.20. The van der Waals surface area contributed by atoms with E-state index >= 15 is 0 Å². The molecule has 0 amide bonds. The van der Waals surface area contributed by atoms with Crippen molar-refractivity contribution in [2.45, 2.75) is 19.9 Å². The number of thiazole rings is 1. The lowest BCUT2D eigenvalue weighted by Gasteiger charge is -2.25. The summed E-state index contributed by atoms with van der Waals surface area (Å²) in [5, 5.41) is 0. The first-order valence-corrected chi connectivity index (χ1v) is 11.8. The second-order valence-corrected chi connectivity index (χ2v) is 8.80. The molecule has 0 saturated heterocycles.